The third-order valence-corrected chi connectivity index (χ3v) is 16.7. The summed E-state index contributed by atoms with van der Waals surface area (Å²) in [6, 6.07) is -0.985. The molecule has 0 aliphatic carbocycles. The van der Waals surface area contributed by atoms with Crippen molar-refractivity contribution in [3.63, 3.8) is 0 Å². The predicted octanol–water partition coefficient (Wildman–Crippen LogP) is 21.3. The molecular formula is C70H137NO5. The molecule has 6 heteroatoms. The maximum Gasteiger partial charge on any atom is 0.249 e. The third kappa shape index (κ3) is 57.5. The van der Waals surface area contributed by atoms with E-state index in [9.17, 15) is 25.2 Å². The number of carbonyl (C=O) groups excluding carboxylic acids is 1. The Balaban J connectivity index is 3.52. The lowest BCUT2D eigenvalue weighted by Gasteiger charge is -2.27. The number of hydrogen-bond donors (Lipinski definition) is 5. The predicted molar refractivity (Wildman–Crippen MR) is 334 cm³/mol. The van der Waals surface area contributed by atoms with Gasteiger partial charge in [0.15, 0.2) is 0 Å². The second-order valence-corrected chi connectivity index (χ2v) is 24.2. The minimum Gasteiger partial charge on any atom is -0.394 e. The molecule has 76 heavy (non-hydrogen) atoms. The Morgan fingerprint density at radius 2 is 0.566 bits per heavy atom. The first-order chi connectivity index (χ1) is 37.5. The van der Waals surface area contributed by atoms with E-state index < -0.39 is 36.9 Å². The number of nitrogens with one attached hydrogen (secondary N) is 1. The normalized spacial score (nSPS) is 13.6. The van der Waals surface area contributed by atoms with E-state index >= 15 is 0 Å². The van der Waals surface area contributed by atoms with Crippen molar-refractivity contribution in [2.24, 2.45) is 0 Å². The molecule has 4 unspecified atom stereocenters. The van der Waals surface area contributed by atoms with Crippen LogP contribution in [0.5, 0.6) is 0 Å². The molecule has 0 spiro atoms. The van der Waals surface area contributed by atoms with E-state index in [4.69, 9.17) is 0 Å². The fourth-order valence-corrected chi connectivity index (χ4v) is 11.3. The van der Waals surface area contributed by atoms with Gasteiger partial charge >= 0.3 is 0 Å². The van der Waals surface area contributed by atoms with Crippen LogP contribution in [0.25, 0.3) is 0 Å². The summed E-state index contributed by atoms with van der Waals surface area (Å²) in [4.78, 5) is 12.7. The van der Waals surface area contributed by atoms with Gasteiger partial charge in [-0.1, -0.05) is 366 Å². The van der Waals surface area contributed by atoms with Crippen LogP contribution in [0.1, 0.15) is 386 Å². The van der Waals surface area contributed by atoms with Gasteiger partial charge in [0.25, 0.3) is 0 Å². The average Bonchev–Trinajstić information content (AvgIpc) is 3.42. The van der Waals surface area contributed by atoms with Gasteiger partial charge in [0.05, 0.1) is 18.8 Å². The highest BCUT2D eigenvalue weighted by Gasteiger charge is 2.28. The number of carbonyl (C=O) groups is 1. The lowest BCUT2D eigenvalue weighted by Crippen LogP contribution is -2.53. The topological polar surface area (TPSA) is 110 Å². The van der Waals surface area contributed by atoms with Crippen molar-refractivity contribution >= 4 is 5.91 Å². The van der Waals surface area contributed by atoms with Gasteiger partial charge in [0.1, 0.15) is 12.2 Å². The quantitative estimate of drug-likeness (QED) is 0.0308. The van der Waals surface area contributed by atoms with Crippen molar-refractivity contribution in [3.05, 3.63) is 24.3 Å². The molecule has 0 radical (unpaired) electrons. The van der Waals surface area contributed by atoms with Gasteiger partial charge in [-0.2, -0.15) is 0 Å². The van der Waals surface area contributed by atoms with Gasteiger partial charge in [-0.15, -0.1) is 0 Å². The summed E-state index contributed by atoms with van der Waals surface area (Å²) < 4.78 is 0. The van der Waals surface area contributed by atoms with E-state index in [1.165, 1.54) is 315 Å². The summed E-state index contributed by atoms with van der Waals surface area (Å²) in [5.41, 5.74) is 0. The second-order valence-electron chi connectivity index (χ2n) is 24.2. The monoisotopic (exact) mass is 1070 g/mol. The van der Waals surface area contributed by atoms with Crippen LogP contribution in [-0.4, -0.2) is 57.3 Å². The Morgan fingerprint density at radius 1 is 0.329 bits per heavy atom. The number of rotatable bonds is 65. The van der Waals surface area contributed by atoms with Gasteiger partial charge in [-0.25, -0.2) is 0 Å². The summed E-state index contributed by atoms with van der Waals surface area (Å²) >= 11 is 0. The molecule has 0 bridgehead atoms. The smallest absolute Gasteiger partial charge is 0.249 e. The number of aliphatic hydroxyl groups excluding tert-OH is 4. The molecule has 0 aliphatic heterocycles. The summed E-state index contributed by atoms with van der Waals surface area (Å²) in [5, 5.41) is 44.2. The Bertz CT molecular complexity index is 1160. The first-order valence-corrected chi connectivity index (χ1v) is 34.7. The highest BCUT2D eigenvalue weighted by molar-refractivity contribution is 5.80. The standard InChI is InChI=1S/C70H137NO5/c1-3-5-7-9-11-13-15-17-19-21-23-25-27-28-29-30-31-32-33-34-35-36-37-38-39-40-41-42-44-46-48-50-52-54-56-58-60-62-64-68(74)70(76)71-66(65-72)69(75)67(73)63-61-59-57-55-53-51-49-47-45-43-26-24-22-20-18-16-14-12-10-8-6-4-2/h31-32,34-35,66-69,72-75H,3-30,33,36-65H2,1-2H3,(H,71,76)/b32-31-,35-34-. The molecular weight excluding hydrogens is 935 g/mol. The fraction of sp³-hybridized carbons (Fsp3) is 0.929. The zero-order valence-electron chi connectivity index (χ0n) is 51.5. The number of unbranched alkanes of at least 4 members (excludes halogenated alkanes) is 52. The Labute approximate surface area is 475 Å². The lowest BCUT2D eigenvalue weighted by atomic mass is 9.99. The molecule has 6 nitrogen and oxygen atoms in total. The molecule has 1 amide bonds. The minimum absolute atomic E-state index is 0.372. The van der Waals surface area contributed by atoms with Gasteiger partial charge in [-0.3, -0.25) is 4.79 Å². The SMILES string of the molecule is CCCCCCCCCCCCCCCCC/C=C\C/C=C\CCCCCCCCCCCCCCCCCCC(O)C(=O)NC(CO)C(O)C(O)CCCCCCCCCCCCCCCCCCCCCCCC. The van der Waals surface area contributed by atoms with Gasteiger partial charge in [0, 0.05) is 0 Å². The Morgan fingerprint density at radius 3 is 0.829 bits per heavy atom. The highest BCUT2D eigenvalue weighted by atomic mass is 16.3. The Kier molecular flexibility index (Phi) is 63.6. The Hall–Kier alpha value is -1.21. The van der Waals surface area contributed by atoms with Crippen molar-refractivity contribution in [2.75, 3.05) is 6.61 Å². The van der Waals surface area contributed by atoms with Crippen LogP contribution in [0.4, 0.5) is 0 Å². The molecule has 0 aromatic heterocycles. The first-order valence-electron chi connectivity index (χ1n) is 34.7. The molecule has 0 aromatic rings. The number of aliphatic hydroxyl groups is 4. The molecule has 0 rings (SSSR count). The van der Waals surface area contributed by atoms with E-state index in [1.54, 1.807) is 0 Å². The number of allylic oxidation sites excluding steroid dienone is 4. The minimum atomic E-state index is -1.26. The van der Waals surface area contributed by atoms with Crippen molar-refractivity contribution in [1.29, 1.82) is 0 Å². The van der Waals surface area contributed by atoms with Crippen molar-refractivity contribution < 1.29 is 25.2 Å². The molecule has 0 heterocycles. The maximum absolute atomic E-state index is 12.7. The van der Waals surface area contributed by atoms with Gasteiger partial charge in [-0.05, 0) is 44.9 Å². The molecule has 0 aliphatic rings. The van der Waals surface area contributed by atoms with E-state index in [0.717, 1.165) is 44.9 Å². The van der Waals surface area contributed by atoms with Gasteiger partial charge in [0.2, 0.25) is 5.91 Å². The summed E-state index contributed by atoms with van der Waals surface area (Å²) in [7, 11) is 0. The first kappa shape index (κ1) is 74.8. The third-order valence-electron chi connectivity index (χ3n) is 16.7. The van der Waals surface area contributed by atoms with E-state index in [2.05, 4.69) is 43.5 Å². The molecule has 452 valence electrons. The summed E-state index contributed by atoms with van der Waals surface area (Å²) in [6.07, 6.45) is 81.6. The zero-order valence-corrected chi connectivity index (χ0v) is 51.5. The van der Waals surface area contributed by atoms with E-state index in [-0.39, 0.29) is 0 Å². The van der Waals surface area contributed by atoms with Crippen LogP contribution in [0, 0.1) is 0 Å². The van der Waals surface area contributed by atoms with Crippen molar-refractivity contribution in [3.8, 4) is 0 Å². The van der Waals surface area contributed by atoms with Crippen LogP contribution >= 0.6 is 0 Å². The molecule has 0 fully saturated rings. The maximum atomic E-state index is 12.7. The largest absolute Gasteiger partial charge is 0.394 e. The van der Waals surface area contributed by atoms with Gasteiger partial charge < -0.3 is 25.7 Å². The highest BCUT2D eigenvalue weighted by Crippen LogP contribution is 2.20. The summed E-state index contributed by atoms with van der Waals surface area (Å²) in [5.74, 6) is -0.577. The molecule has 5 N–H and O–H groups in total. The van der Waals surface area contributed by atoms with Crippen LogP contribution in [0.2, 0.25) is 0 Å². The van der Waals surface area contributed by atoms with Crippen LogP contribution in [-0.2, 0) is 4.79 Å². The van der Waals surface area contributed by atoms with Crippen molar-refractivity contribution in [1.82, 2.24) is 5.32 Å². The van der Waals surface area contributed by atoms with E-state index in [1.807, 2.05) is 0 Å². The zero-order chi connectivity index (χ0) is 55.1. The number of hydrogen-bond acceptors (Lipinski definition) is 5. The molecule has 4 atom stereocenters. The molecule has 0 aromatic carbocycles. The average molecular weight is 1070 g/mol. The summed E-state index contributed by atoms with van der Waals surface area (Å²) in [6.45, 7) is 4.11. The lowest BCUT2D eigenvalue weighted by molar-refractivity contribution is -0.132. The van der Waals surface area contributed by atoms with Crippen LogP contribution in [0.3, 0.4) is 0 Å². The van der Waals surface area contributed by atoms with Crippen LogP contribution in [0.15, 0.2) is 24.3 Å². The van der Waals surface area contributed by atoms with Crippen LogP contribution < -0.4 is 5.32 Å². The number of amides is 1. The molecule has 0 saturated carbocycles. The molecule has 0 saturated heterocycles. The fourth-order valence-electron chi connectivity index (χ4n) is 11.3. The van der Waals surface area contributed by atoms with Crippen molar-refractivity contribution in [2.45, 2.75) is 411 Å². The van der Waals surface area contributed by atoms with E-state index in [0.29, 0.717) is 12.8 Å². The second kappa shape index (κ2) is 64.6.